The number of nitrogens with two attached hydrogens (primary N) is 1. The number of nitrogens with zero attached hydrogens (tertiary/aromatic N) is 3. The van der Waals surface area contributed by atoms with Gasteiger partial charge in [-0.15, -0.1) is 0 Å². The van der Waals surface area contributed by atoms with Gasteiger partial charge in [-0.05, 0) is 42.3 Å². The van der Waals surface area contributed by atoms with E-state index in [1.54, 1.807) is 12.1 Å². The van der Waals surface area contributed by atoms with E-state index in [4.69, 9.17) is 11.0 Å². The second kappa shape index (κ2) is 9.41. The quantitative estimate of drug-likeness (QED) is 0.684. The van der Waals surface area contributed by atoms with Crippen LogP contribution >= 0.6 is 0 Å². The molecular weight excluding hydrogens is 457 g/mol. The fraction of sp³-hybridized carbons (Fsp3) is 0.364. The molecule has 11 heteroatoms. The fourth-order valence-electron chi connectivity index (χ4n) is 3.84. The van der Waals surface area contributed by atoms with Crippen molar-refractivity contribution in [3.63, 3.8) is 0 Å². The van der Waals surface area contributed by atoms with Crippen molar-refractivity contribution < 1.29 is 26.4 Å². The fourth-order valence-corrected chi connectivity index (χ4v) is 5.28. The number of hydrogen-bond donors (Lipinski definition) is 1. The van der Waals surface area contributed by atoms with Crippen LogP contribution in [-0.2, 0) is 27.4 Å². The maximum absolute atomic E-state index is 13.4. The Morgan fingerprint density at radius 3 is 2.39 bits per heavy atom. The zero-order chi connectivity index (χ0) is 24.4. The number of amides is 1. The minimum atomic E-state index is -4.77. The summed E-state index contributed by atoms with van der Waals surface area (Å²) in [6.45, 7) is 1.60. The normalized spacial score (nSPS) is 17.5. The topological polar surface area (TPSA) is 108 Å². The molecule has 0 saturated carbocycles. The summed E-state index contributed by atoms with van der Waals surface area (Å²) >= 11 is 0. The van der Waals surface area contributed by atoms with Gasteiger partial charge in [0.15, 0.2) is 0 Å². The zero-order valence-electron chi connectivity index (χ0n) is 17.8. The molecule has 0 radical (unpaired) electrons. The van der Waals surface area contributed by atoms with Crippen LogP contribution in [0.4, 0.5) is 18.9 Å². The van der Waals surface area contributed by atoms with Gasteiger partial charge in [-0.25, -0.2) is 8.42 Å². The first-order chi connectivity index (χ1) is 15.5. The van der Waals surface area contributed by atoms with E-state index in [-0.39, 0.29) is 30.2 Å². The van der Waals surface area contributed by atoms with Crippen molar-refractivity contribution in [1.82, 2.24) is 4.31 Å². The first-order valence-corrected chi connectivity index (χ1v) is 11.7. The van der Waals surface area contributed by atoms with Crippen molar-refractivity contribution >= 4 is 21.6 Å². The first kappa shape index (κ1) is 24.5. The molecule has 1 fully saturated rings. The van der Waals surface area contributed by atoms with Crippen molar-refractivity contribution in [3.8, 4) is 6.07 Å². The number of rotatable bonds is 6. The molecular formula is C22H23F3N4O3S. The highest BCUT2D eigenvalue weighted by Crippen LogP contribution is 2.35. The van der Waals surface area contributed by atoms with Gasteiger partial charge in [0.2, 0.25) is 15.9 Å². The molecule has 0 aromatic heterocycles. The van der Waals surface area contributed by atoms with E-state index in [0.717, 1.165) is 34.8 Å². The van der Waals surface area contributed by atoms with Crippen LogP contribution in [0.2, 0.25) is 0 Å². The van der Waals surface area contributed by atoms with Crippen LogP contribution < -0.4 is 10.6 Å². The lowest BCUT2D eigenvalue weighted by atomic mass is 10.0. The van der Waals surface area contributed by atoms with E-state index in [2.05, 4.69) is 0 Å². The Morgan fingerprint density at radius 1 is 1.18 bits per heavy atom. The Morgan fingerprint density at radius 2 is 1.85 bits per heavy atom. The van der Waals surface area contributed by atoms with E-state index in [1.807, 2.05) is 6.92 Å². The van der Waals surface area contributed by atoms with Crippen molar-refractivity contribution in [2.45, 2.75) is 36.9 Å². The molecule has 7 nitrogen and oxygen atoms in total. The Labute approximate surface area is 190 Å². The number of aryl methyl sites for hydroxylation is 1. The standard InChI is InChI=1S/C22H23F3N4O3S/c1-2-3-15-4-8-18(9-5-15)33(31,32)28-10-11-29(20(14-28)21(27)30)17-7-6-16(13-26)19(12-17)22(23,24)25/h4-9,12,20H,2-3,10-11,14H2,1H3,(H2,27,30). The third kappa shape index (κ3) is 5.12. The van der Waals surface area contributed by atoms with Gasteiger partial charge >= 0.3 is 6.18 Å². The number of hydrogen-bond acceptors (Lipinski definition) is 5. The number of sulfonamides is 1. The Hall–Kier alpha value is -3.10. The maximum Gasteiger partial charge on any atom is 0.417 e. The number of nitriles is 1. The molecule has 176 valence electrons. The molecule has 2 aromatic rings. The molecule has 1 aliphatic heterocycles. The molecule has 1 unspecified atom stereocenters. The van der Waals surface area contributed by atoms with E-state index < -0.39 is 39.3 Å². The number of primary amides is 1. The average molecular weight is 481 g/mol. The highest BCUT2D eigenvalue weighted by Gasteiger charge is 2.39. The summed E-state index contributed by atoms with van der Waals surface area (Å²) in [6, 6.07) is 9.89. The van der Waals surface area contributed by atoms with E-state index in [1.165, 1.54) is 29.2 Å². The molecule has 1 saturated heterocycles. The maximum atomic E-state index is 13.4. The van der Waals surface area contributed by atoms with Gasteiger partial charge in [-0.2, -0.15) is 22.7 Å². The molecule has 1 aliphatic rings. The predicted octanol–water partition coefficient (Wildman–Crippen LogP) is 2.89. The number of alkyl halides is 3. The number of carbonyl (C=O) groups is 1. The zero-order valence-corrected chi connectivity index (χ0v) is 18.7. The number of carbonyl (C=O) groups excluding carboxylic acids is 1. The van der Waals surface area contributed by atoms with Gasteiger partial charge in [0.25, 0.3) is 0 Å². The van der Waals surface area contributed by atoms with Gasteiger partial charge in [0.05, 0.1) is 22.1 Å². The van der Waals surface area contributed by atoms with Gasteiger partial charge in [-0.1, -0.05) is 25.5 Å². The lowest BCUT2D eigenvalue weighted by molar-refractivity contribution is -0.137. The van der Waals surface area contributed by atoms with Crippen LogP contribution in [-0.4, -0.2) is 44.3 Å². The van der Waals surface area contributed by atoms with Crippen molar-refractivity contribution in [2.24, 2.45) is 5.73 Å². The second-order valence-electron chi connectivity index (χ2n) is 7.71. The van der Waals surface area contributed by atoms with Gasteiger partial charge < -0.3 is 10.6 Å². The number of anilines is 1. The summed E-state index contributed by atoms with van der Waals surface area (Å²) in [5.41, 5.74) is 4.85. The van der Waals surface area contributed by atoms with Gasteiger partial charge in [-0.3, -0.25) is 4.79 Å². The minimum Gasteiger partial charge on any atom is -0.368 e. The summed E-state index contributed by atoms with van der Waals surface area (Å²) in [5, 5.41) is 8.99. The predicted molar refractivity (Wildman–Crippen MR) is 116 cm³/mol. The van der Waals surface area contributed by atoms with E-state index in [0.29, 0.717) is 0 Å². The van der Waals surface area contributed by atoms with Crippen molar-refractivity contribution in [3.05, 3.63) is 59.2 Å². The van der Waals surface area contributed by atoms with Gasteiger partial charge in [0, 0.05) is 25.3 Å². The molecule has 1 atom stereocenters. The van der Waals surface area contributed by atoms with Crippen LogP contribution in [0.15, 0.2) is 47.4 Å². The lowest BCUT2D eigenvalue weighted by Gasteiger charge is -2.40. The smallest absolute Gasteiger partial charge is 0.368 e. The third-order valence-electron chi connectivity index (χ3n) is 5.53. The molecule has 1 heterocycles. The summed E-state index contributed by atoms with van der Waals surface area (Å²) in [6.07, 6.45) is -3.04. The lowest BCUT2D eigenvalue weighted by Crippen LogP contribution is -2.59. The van der Waals surface area contributed by atoms with Crippen molar-refractivity contribution in [2.75, 3.05) is 24.5 Å². The van der Waals surface area contributed by atoms with Gasteiger partial charge in [0.1, 0.15) is 6.04 Å². The molecule has 0 bridgehead atoms. The third-order valence-corrected chi connectivity index (χ3v) is 7.41. The number of halogens is 3. The van der Waals surface area contributed by atoms with Crippen LogP contribution in [0, 0.1) is 11.3 Å². The van der Waals surface area contributed by atoms with Crippen molar-refractivity contribution in [1.29, 1.82) is 5.26 Å². The SMILES string of the molecule is CCCc1ccc(S(=O)(=O)N2CCN(c3ccc(C#N)c(C(F)(F)F)c3)C(C(N)=O)C2)cc1. The Balaban J connectivity index is 1.90. The molecule has 2 N–H and O–H groups in total. The highest BCUT2D eigenvalue weighted by atomic mass is 32.2. The van der Waals surface area contributed by atoms with Crippen LogP contribution in [0.3, 0.4) is 0 Å². The summed E-state index contributed by atoms with van der Waals surface area (Å²) in [7, 11) is -3.93. The Bertz CT molecular complexity index is 1170. The highest BCUT2D eigenvalue weighted by molar-refractivity contribution is 7.89. The van der Waals surface area contributed by atoms with E-state index in [9.17, 15) is 26.4 Å². The molecule has 1 amide bonds. The average Bonchev–Trinajstić information content (AvgIpc) is 2.78. The summed E-state index contributed by atoms with van der Waals surface area (Å²) in [5.74, 6) is -0.869. The van der Waals surface area contributed by atoms with Crippen LogP contribution in [0.1, 0.15) is 30.0 Å². The van der Waals surface area contributed by atoms with Crippen LogP contribution in [0.5, 0.6) is 0 Å². The largest absolute Gasteiger partial charge is 0.417 e. The summed E-state index contributed by atoms with van der Waals surface area (Å²) < 4.78 is 67.4. The molecule has 2 aromatic carbocycles. The Kier molecular flexibility index (Phi) is 7.00. The minimum absolute atomic E-state index is 0.0334. The number of benzene rings is 2. The first-order valence-electron chi connectivity index (χ1n) is 10.3. The molecule has 3 rings (SSSR count). The monoisotopic (exact) mass is 480 g/mol. The number of piperazine rings is 1. The van der Waals surface area contributed by atoms with E-state index >= 15 is 0 Å². The summed E-state index contributed by atoms with van der Waals surface area (Å²) in [4.78, 5) is 13.6. The second-order valence-corrected chi connectivity index (χ2v) is 9.65. The van der Waals surface area contributed by atoms with Crippen LogP contribution in [0.25, 0.3) is 0 Å². The molecule has 33 heavy (non-hydrogen) atoms. The molecule has 0 spiro atoms. The molecule has 0 aliphatic carbocycles.